The van der Waals surface area contributed by atoms with E-state index in [2.05, 4.69) is 11.9 Å². The average Bonchev–Trinajstić information content (AvgIpc) is 2.35. The van der Waals surface area contributed by atoms with Gasteiger partial charge in [-0.3, -0.25) is 0 Å². The smallest absolute Gasteiger partial charge is 0.118 e. The Morgan fingerprint density at radius 3 is 2.62 bits per heavy atom. The largest absolute Gasteiger partial charge is 0.497 e. The second-order valence-electron chi connectivity index (χ2n) is 3.53. The van der Waals surface area contributed by atoms with Crippen LogP contribution in [0.4, 0.5) is 0 Å². The molecule has 0 fully saturated rings. The Kier molecular flexibility index (Phi) is 5.61. The number of methoxy groups -OCH3 is 1. The van der Waals surface area contributed by atoms with Crippen LogP contribution in [0, 0.1) is 0 Å². The van der Waals surface area contributed by atoms with Gasteiger partial charge in [0.25, 0.3) is 0 Å². The molecule has 0 aliphatic carbocycles. The van der Waals surface area contributed by atoms with Gasteiger partial charge < -0.3 is 15.2 Å². The molecule has 16 heavy (non-hydrogen) atoms. The highest BCUT2D eigenvalue weighted by molar-refractivity contribution is 5.29. The van der Waals surface area contributed by atoms with Gasteiger partial charge in [-0.25, -0.2) is 0 Å². The van der Waals surface area contributed by atoms with Crippen LogP contribution in [-0.2, 0) is 0 Å². The molecule has 0 aliphatic rings. The van der Waals surface area contributed by atoms with Gasteiger partial charge in [0.2, 0.25) is 0 Å². The van der Waals surface area contributed by atoms with Gasteiger partial charge in [0, 0.05) is 19.2 Å². The van der Waals surface area contributed by atoms with E-state index in [4.69, 9.17) is 9.84 Å². The molecule has 0 heterocycles. The van der Waals surface area contributed by atoms with Crippen molar-refractivity contribution in [1.82, 2.24) is 5.32 Å². The van der Waals surface area contributed by atoms with Crippen LogP contribution in [0.25, 0.3) is 0 Å². The van der Waals surface area contributed by atoms with E-state index in [1.165, 1.54) is 0 Å². The number of benzene rings is 1. The van der Waals surface area contributed by atoms with Crippen molar-refractivity contribution in [1.29, 1.82) is 0 Å². The van der Waals surface area contributed by atoms with Crippen molar-refractivity contribution >= 4 is 0 Å². The third-order valence-corrected chi connectivity index (χ3v) is 2.44. The molecule has 1 aromatic rings. The van der Waals surface area contributed by atoms with Crippen LogP contribution in [0.5, 0.6) is 5.75 Å². The molecule has 0 saturated carbocycles. The van der Waals surface area contributed by atoms with Crippen molar-refractivity contribution in [3.8, 4) is 5.75 Å². The first-order valence-corrected chi connectivity index (χ1v) is 5.41. The van der Waals surface area contributed by atoms with E-state index in [1.807, 2.05) is 30.3 Å². The second-order valence-corrected chi connectivity index (χ2v) is 3.53. The quantitative estimate of drug-likeness (QED) is 0.691. The molecule has 3 heteroatoms. The van der Waals surface area contributed by atoms with E-state index in [9.17, 15) is 0 Å². The van der Waals surface area contributed by atoms with Gasteiger partial charge in [0.15, 0.2) is 0 Å². The minimum Gasteiger partial charge on any atom is -0.497 e. The zero-order chi connectivity index (χ0) is 11.8. The molecule has 88 valence electrons. The van der Waals surface area contributed by atoms with Crippen molar-refractivity contribution in [3.05, 3.63) is 42.5 Å². The number of aliphatic hydroxyl groups excluding tert-OH is 1. The van der Waals surface area contributed by atoms with E-state index < -0.39 is 0 Å². The van der Waals surface area contributed by atoms with Crippen molar-refractivity contribution < 1.29 is 9.84 Å². The standard InChI is InChI=1S/C13H19NO2/c1-3-9-14-13(8-10-15)11-4-6-12(16-2)7-5-11/h3-7,13-15H,1,8-10H2,2H3. The van der Waals surface area contributed by atoms with Gasteiger partial charge in [-0.2, -0.15) is 0 Å². The van der Waals surface area contributed by atoms with Gasteiger partial charge in [-0.05, 0) is 24.1 Å². The van der Waals surface area contributed by atoms with Gasteiger partial charge in [0.05, 0.1) is 7.11 Å². The highest BCUT2D eigenvalue weighted by Gasteiger charge is 2.09. The summed E-state index contributed by atoms with van der Waals surface area (Å²) in [6.07, 6.45) is 2.51. The number of ether oxygens (including phenoxy) is 1. The third-order valence-electron chi connectivity index (χ3n) is 2.44. The number of rotatable bonds is 7. The average molecular weight is 221 g/mol. The van der Waals surface area contributed by atoms with Crippen molar-refractivity contribution in [2.24, 2.45) is 0 Å². The number of hydrogen-bond acceptors (Lipinski definition) is 3. The summed E-state index contributed by atoms with van der Waals surface area (Å²) in [5, 5.41) is 12.3. The Hall–Kier alpha value is -1.32. The van der Waals surface area contributed by atoms with E-state index in [0.29, 0.717) is 6.42 Å². The first-order valence-electron chi connectivity index (χ1n) is 5.41. The lowest BCUT2D eigenvalue weighted by Crippen LogP contribution is -2.22. The zero-order valence-corrected chi connectivity index (χ0v) is 9.65. The first-order chi connectivity index (χ1) is 7.81. The molecule has 0 aliphatic heterocycles. The monoisotopic (exact) mass is 221 g/mol. The minimum atomic E-state index is 0.161. The molecule has 1 aromatic carbocycles. The lowest BCUT2D eigenvalue weighted by atomic mass is 10.0. The Morgan fingerprint density at radius 1 is 1.44 bits per heavy atom. The highest BCUT2D eigenvalue weighted by Crippen LogP contribution is 2.19. The molecule has 0 aromatic heterocycles. The van der Waals surface area contributed by atoms with E-state index in [1.54, 1.807) is 7.11 Å². The van der Waals surface area contributed by atoms with Crippen LogP contribution < -0.4 is 10.1 Å². The second kappa shape index (κ2) is 7.04. The van der Waals surface area contributed by atoms with Crippen molar-refractivity contribution in [3.63, 3.8) is 0 Å². The van der Waals surface area contributed by atoms with Crippen LogP contribution in [0.15, 0.2) is 36.9 Å². The summed E-state index contributed by atoms with van der Waals surface area (Å²) in [6.45, 7) is 4.57. The maximum atomic E-state index is 9.01. The molecular weight excluding hydrogens is 202 g/mol. The topological polar surface area (TPSA) is 41.5 Å². The summed E-state index contributed by atoms with van der Waals surface area (Å²) in [5.41, 5.74) is 1.15. The van der Waals surface area contributed by atoms with Crippen molar-refractivity contribution in [2.75, 3.05) is 20.3 Å². The molecular formula is C13H19NO2. The van der Waals surface area contributed by atoms with Gasteiger partial charge in [-0.15, -0.1) is 6.58 Å². The van der Waals surface area contributed by atoms with Crippen molar-refractivity contribution in [2.45, 2.75) is 12.5 Å². The molecule has 1 unspecified atom stereocenters. The van der Waals surface area contributed by atoms with Crippen LogP contribution in [0.1, 0.15) is 18.0 Å². The molecule has 0 bridgehead atoms. The molecule has 2 N–H and O–H groups in total. The fraction of sp³-hybridized carbons (Fsp3) is 0.385. The van der Waals surface area contributed by atoms with E-state index in [-0.39, 0.29) is 12.6 Å². The van der Waals surface area contributed by atoms with Gasteiger partial charge >= 0.3 is 0 Å². The number of aliphatic hydroxyl groups is 1. The summed E-state index contributed by atoms with van der Waals surface area (Å²) < 4.78 is 5.10. The predicted molar refractivity (Wildman–Crippen MR) is 65.6 cm³/mol. The van der Waals surface area contributed by atoms with Crippen LogP contribution >= 0.6 is 0 Å². The predicted octanol–water partition coefficient (Wildman–Crippen LogP) is 1.89. The normalized spacial score (nSPS) is 12.1. The van der Waals surface area contributed by atoms with Gasteiger partial charge in [-0.1, -0.05) is 18.2 Å². The summed E-state index contributed by atoms with van der Waals surface area (Å²) >= 11 is 0. The van der Waals surface area contributed by atoms with Crippen LogP contribution in [-0.4, -0.2) is 25.4 Å². The van der Waals surface area contributed by atoms with Gasteiger partial charge in [0.1, 0.15) is 5.75 Å². The molecule has 0 amide bonds. The van der Waals surface area contributed by atoms with E-state index in [0.717, 1.165) is 17.9 Å². The lowest BCUT2D eigenvalue weighted by Gasteiger charge is -2.17. The number of nitrogens with one attached hydrogen (secondary N) is 1. The van der Waals surface area contributed by atoms with E-state index >= 15 is 0 Å². The SMILES string of the molecule is C=CCNC(CCO)c1ccc(OC)cc1. The fourth-order valence-electron chi connectivity index (χ4n) is 1.58. The van der Waals surface area contributed by atoms with Crippen LogP contribution in [0.2, 0.25) is 0 Å². The Morgan fingerprint density at radius 2 is 2.12 bits per heavy atom. The Bertz CT molecular complexity index is 308. The Balaban J connectivity index is 2.70. The molecule has 1 atom stereocenters. The zero-order valence-electron chi connectivity index (χ0n) is 9.65. The summed E-state index contributed by atoms with van der Waals surface area (Å²) in [4.78, 5) is 0. The Labute approximate surface area is 96.8 Å². The lowest BCUT2D eigenvalue weighted by molar-refractivity contribution is 0.267. The first kappa shape index (κ1) is 12.7. The molecule has 1 rings (SSSR count). The summed E-state index contributed by atoms with van der Waals surface area (Å²) in [6, 6.07) is 8.03. The summed E-state index contributed by atoms with van der Waals surface area (Å²) in [7, 11) is 1.65. The fourth-order valence-corrected chi connectivity index (χ4v) is 1.58. The molecule has 0 saturated heterocycles. The third kappa shape index (κ3) is 3.68. The minimum absolute atomic E-state index is 0.161. The molecule has 3 nitrogen and oxygen atoms in total. The summed E-state index contributed by atoms with van der Waals surface area (Å²) in [5.74, 6) is 0.843. The maximum absolute atomic E-state index is 9.01. The highest BCUT2D eigenvalue weighted by atomic mass is 16.5. The molecule has 0 spiro atoms. The molecule has 0 radical (unpaired) electrons. The number of hydrogen-bond donors (Lipinski definition) is 2. The maximum Gasteiger partial charge on any atom is 0.118 e. The van der Waals surface area contributed by atoms with Crippen LogP contribution in [0.3, 0.4) is 0 Å².